The number of amides is 1. The molecule has 6 heteroatoms. The molecule has 2 N–H and O–H groups in total. The summed E-state index contributed by atoms with van der Waals surface area (Å²) in [4.78, 5) is 18.2. The lowest BCUT2D eigenvalue weighted by Gasteiger charge is -2.26. The Balaban J connectivity index is 0.00000300. The molecule has 1 amide bonds. The Morgan fingerprint density at radius 1 is 1.00 bits per heavy atom. The van der Waals surface area contributed by atoms with Crippen LogP contribution in [0.15, 0.2) is 59.6 Å². The number of hydrogen-bond acceptors (Lipinski definition) is 2. The summed E-state index contributed by atoms with van der Waals surface area (Å²) in [5, 5.41) is 6.72. The molecule has 0 saturated carbocycles. The van der Waals surface area contributed by atoms with Gasteiger partial charge in [-0.1, -0.05) is 42.5 Å². The molecule has 1 aliphatic heterocycles. The van der Waals surface area contributed by atoms with Crippen LogP contribution in [0.5, 0.6) is 0 Å². The third kappa shape index (κ3) is 7.34. The van der Waals surface area contributed by atoms with Crippen molar-refractivity contribution in [2.24, 2.45) is 4.99 Å². The SMILES string of the molecule is CN=C(NCCCc1ccccc1)NCc1ccc(N2CCCCC2=O)cc1.I. The van der Waals surface area contributed by atoms with E-state index >= 15 is 0 Å². The Kier molecular flexibility index (Phi) is 9.97. The number of nitrogens with one attached hydrogen (secondary N) is 2. The molecule has 156 valence electrons. The monoisotopic (exact) mass is 506 g/mol. The number of anilines is 1. The van der Waals surface area contributed by atoms with Gasteiger partial charge in [-0.05, 0) is 48.9 Å². The average molecular weight is 506 g/mol. The number of aliphatic imine (C=N–C) groups is 1. The van der Waals surface area contributed by atoms with Gasteiger partial charge in [-0.3, -0.25) is 9.79 Å². The van der Waals surface area contributed by atoms with Gasteiger partial charge < -0.3 is 15.5 Å². The first kappa shape index (κ1) is 23.2. The summed E-state index contributed by atoms with van der Waals surface area (Å²) < 4.78 is 0. The number of piperidine rings is 1. The van der Waals surface area contributed by atoms with Gasteiger partial charge in [0.15, 0.2) is 5.96 Å². The third-order valence-electron chi connectivity index (χ3n) is 5.03. The van der Waals surface area contributed by atoms with Crippen molar-refractivity contribution in [3.8, 4) is 0 Å². The van der Waals surface area contributed by atoms with Gasteiger partial charge in [0.2, 0.25) is 5.91 Å². The van der Waals surface area contributed by atoms with E-state index in [4.69, 9.17) is 0 Å². The average Bonchev–Trinajstić information content (AvgIpc) is 2.75. The lowest BCUT2D eigenvalue weighted by molar-refractivity contribution is -0.119. The molecule has 1 aliphatic rings. The molecule has 0 spiro atoms. The molecular weight excluding hydrogens is 475 g/mol. The number of halogens is 1. The smallest absolute Gasteiger partial charge is 0.226 e. The van der Waals surface area contributed by atoms with E-state index in [1.54, 1.807) is 7.05 Å². The first-order valence-corrected chi connectivity index (χ1v) is 10.1. The van der Waals surface area contributed by atoms with Crippen LogP contribution in [0.3, 0.4) is 0 Å². The molecule has 3 rings (SSSR count). The number of carbonyl (C=O) groups excluding carboxylic acids is 1. The highest BCUT2D eigenvalue weighted by molar-refractivity contribution is 14.0. The van der Waals surface area contributed by atoms with E-state index in [9.17, 15) is 4.79 Å². The van der Waals surface area contributed by atoms with Gasteiger partial charge in [0.05, 0.1) is 0 Å². The van der Waals surface area contributed by atoms with Gasteiger partial charge in [-0.15, -0.1) is 24.0 Å². The van der Waals surface area contributed by atoms with Crippen molar-refractivity contribution >= 4 is 41.5 Å². The van der Waals surface area contributed by atoms with Gasteiger partial charge in [0.1, 0.15) is 0 Å². The van der Waals surface area contributed by atoms with Gasteiger partial charge in [-0.25, -0.2) is 0 Å². The maximum Gasteiger partial charge on any atom is 0.226 e. The molecule has 29 heavy (non-hydrogen) atoms. The van der Waals surface area contributed by atoms with E-state index in [1.165, 1.54) is 11.1 Å². The van der Waals surface area contributed by atoms with Crippen LogP contribution in [0.1, 0.15) is 36.8 Å². The topological polar surface area (TPSA) is 56.7 Å². The van der Waals surface area contributed by atoms with Crippen molar-refractivity contribution in [2.45, 2.75) is 38.6 Å². The Labute approximate surface area is 191 Å². The Morgan fingerprint density at radius 3 is 2.45 bits per heavy atom. The summed E-state index contributed by atoms with van der Waals surface area (Å²) in [5.74, 6) is 1.04. The quantitative estimate of drug-likeness (QED) is 0.257. The maximum atomic E-state index is 12.0. The van der Waals surface area contributed by atoms with Crippen LogP contribution in [-0.4, -0.2) is 32.0 Å². The predicted molar refractivity (Wildman–Crippen MR) is 131 cm³/mol. The number of carbonyl (C=O) groups is 1. The van der Waals surface area contributed by atoms with Crippen molar-refractivity contribution < 1.29 is 4.79 Å². The highest BCUT2D eigenvalue weighted by atomic mass is 127. The van der Waals surface area contributed by atoms with E-state index in [-0.39, 0.29) is 29.9 Å². The lowest BCUT2D eigenvalue weighted by atomic mass is 10.1. The van der Waals surface area contributed by atoms with Crippen LogP contribution in [-0.2, 0) is 17.8 Å². The minimum atomic E-state index is 0. The summed E-state index contributed by atoms with van der Waals surface area (Å²) >= 11 is 0. The van der Waals surface area contributed by atoms with Gasteiger partial charge in [0.25, 0.3) is 0 Å². The second-order valence-electron chi connectivity index (χ2n) is 7.11. The summed E-state index contributed by atoms with van der Waals surface area (Å²) in [5.41, 5.74) is 3.52. The van der Waals surface area contributed by atoms with E-state index in [2.05, 4.69) is 52.0 Å². The Bertz CT molecular complexity index is 777. The molecule has 0 aromatic heterocycles. The fraction of sp³-hybridized carbons (Fsp3) is 0.391. The molecule has 1 heterocycles. The normalized spacial score (nSPS) is 14.3. The van der Waals surface area contributed by atoms with E-state index in [1.807, 2.05) is 23.1 Å². The zero-order valence-corrected chi connectivity index (χ0v) is 19.4. The van der Waals surface area contributed by atoms with Gasteiger partial charge in [-0.2, -0.15) is 0 Å². The molecule has 0 unspecified atom stereocenters. The molecule has 5 nitrogen and oxygen atoms in total. The molecule has 1 saturated heterocycles. The van der Waals surface area contributed by atoms with E-state index in [0.717, 1.165) is 50.4 Å². The minimum absolute atomic E-state index is 0. The largest absolute Gasteiger partial charge is 0.356 e. The van der Waals surface area contributed by atoms with Crippen molar-refractivity contribution in [3.63, 3.8) is 0 Å². The number of benzene rings is 2. The Morgan fingerprint density at radius 2 is 1.76 bits per heavy atom. The van der Waals surface area contributed by atoms with Gasteiger partial charge in [0, 0.05) is 38.8 Å². The zero-order chi connectivity index (χ0) is 19.6. The summed E-state index contributed by atoms with van der Waals surface area (Å²) in [6.45, 7) is 2.41. The number of guanidine groups is 1. The number of hydrogen-bond donors (Lipinski definition) is 2. The molecule has 0 aliphatic carbocycles. The lowest BCUT2D eigenvalue weighted by Crippen LogP contribution is -2.37. The van der Waals surface area contributed by atoms with Crippen LogP contribution < -0.4 is 15.5 Å². The fourth-order valence-electron chi connectivity index (χ4n) is 3.42. The van der Waals surface area contributed by atoms with Crippen molar-refractivity contribution in [1.82, 2.24) is 10.6 Å². The third-order valence-corrected chi connectivity index (χ3v) is 5.03. The van der Waals surface area contributed by atoms with Crippen LogP contribution in [0, 0.1) is 0 Å². The second kappa shape index (κ2) is 12.5. The summed E-state index contributed by atoms with van der Waals surface area (Å²) in [6, 6.07) is 18.8. The molecule has 1 fully saturated rings. The molecule has 2 aromatic carbocycles. The zero-order valence-electron chi connectivity index (χ0n) is 17.1. The van der Waals surface area contributed by atoms with Gasteiger partial charge >= 0.3 is 0 Å². The summed E-state index contributed by atoms with van der Waals surface area (Å²) in [6.07, 6.45) is 4.87. The van der Waals surface area contributed by atoms with E-state index < -0.39 is 0 Å². The summed E-state index contributed by atoms with van der Waals surface area (Å²) in [7, 11) is 1.79. The Hall–Kier alpha value is -2.09. The first-order valence-electron chi connectivity index (χ1n) is 10.1. The van der Waals surface area contributed by atoms with Crippen molar-refractivity contribution in [1.29, 1.82) is 0 Å². The van der Waals surface area contributed by atoms with Crippen molar-refractivity contribution in [3.05, 3.63) is 65.7 Å². The van der Waals surface area contributed by atoms with Crippen molar-refractivity contribution in [2.75, 3.05) is 25.0 Å². The molecular formula is C23H31IN4O. The molecule has 0 radical (unpaired) electrons. The highest BCUT2D eigenvalue weighted by Gasteiger charge is 2.19. The number of rotatable bonds is 7. The highest BCUT2D eigenvalue weighted by Crippen LogP contribution is 2.21. The minimum Gasteiger partial charge on any atom is -0.356 e. The van der Waals surface area contributed by atoms with Crippen LogP contribution in [0.2, 0.25) is 0 Å². The standard InChI is InChI=1S/C23H30N4O.HI/c1-24-23(25-16-7-10-19-8-3-2-4-9-19)26-18-20-12-14-21(15-13-20)27-17-6-5-11-22(27)28;/h2-4,8-9,12-15H,5-7,10-11,16-18H2,1H3,(H2,24,25,26);1H. The van der Waals surface area contributed by atoms with Crippen LogP contribution in [0.4, 0.5) is 5.69 Å². The first-order chi connectivity index (χ1) is 13.8. The predicted octanol–water partition coefficient (Wildman–Crippen LogP) is 4.12. The molecule has 0 atom stereocenters. The van der Waals surface area contributed by atoms with Crippen LogP contribution in [0.25, 0.3) is 0 Å². The van der Waals surface area contributed by atoms with E-state index in [0.29, 0.717) is 13.0 Å². The maximum absolute atomic E-state index is 12.0. The second-order valence-corrected chi connectivity index (χ2v) is 7.11. The van der Waals surface area contributed by atoms with Crippen LogP contribution >= 0.6 is 24.0 Å². The fourth-order valence-corrected chi connectivity index (χ4v) is 3.42. The number of aryl methyl sites for hydroxylation is 1. The molecule has 0 bridgehead atoms. The number of nitrogens with zero attached hydrogens (tertiary/aromatic N) is 2. The molecule has 2 aromatic rings.